The summed E-state index contributed by atoms with van der Waals surface area (Å²) in [6.45, 7) is 4.25. The van der Waals surface area contributed by atoms with Gasteiger partial charge in [-0.2, -0.15) is 10.1 Å². The van der Waals surface area contributed by atoms with Crippen LogP contribution in [0, 0.1) is 11.3 Å². The molecule has 6 nitrogen and oxygen atoms in total. The molecule has 2 aromatic heterocycles. The molecule has 3 heterocycles. The zero-order valence-corrected chi connectivity index (χ0v) is 18.7. The Morgan fingerprint density at radius 3 is 2.67 bits per heavy atom. The molecule has 1 spiro atoms. The molecule has 1 saturated carbocycles. The number of aromatic amines is 1. The molecular weight excluding hydrogens is 421 g/mol. The average Bonchev–Trinajstić information content (AvgIpc) is 3.32. The van der Waals surface area contributed by atoms with Gasteiger partial charge < -0.3 is 4.90 Å². The van der Waals surface area contributed by atoms with Crippen molar-refractivity contribution in [3.63, 3.8) is 0 Å². The van der Waals surface area contributed by atoms with Crippen molar-refractivity contribution in [2.24, 2.45) is 18.4 Å². The first-order valence-electron chi connectivity index (χ1n) is 10.6. The van der Waals surface area contributed by atoms with Crippen molar-refractivity contribution in [2.45, 2.75) is 39.0 Å². The van der Waals surface area contributed by atoms with E-state index < -0.39 is 0 Å². The van der Waals surface area contributed by atoms with Crippen LogP contribution in [0.25, 0.3) is 22.3 Å². The average molecular weight is 446 g/mol. The van der Waals surface area contributed by atoms with Gasteiger partial charge in [0, 0.05) is 25.7 Å². The number of nitrogens with one attached hydrogen (secondary N) is 1. The van der Waals surface area contributed by atoms with E-state index in [2.05, 4.69) is 22.0 Å². The summed E-state index contributed by atoms with van der Waals surface area (Å²) in [5.41, 5.74) is 1.95. The molecule has 3 aromatic rings. The maximum absolute atomic E-state index is 13.3. The summed E-state index contributed by atoms with van der Waals surface area (Å²) in [4.78, 5) is 20.3. The summed E-state index contributed by atoms with van der Waals surface area (Å²) >= 11 is 12.6. The number of hydrogen-bond donors (Lipinski definition) is 1. The molecule has 1 aliphatic carbocycles. The van der Waals surface area contributed by atoms with Crippen LogP contribution in [0.3, 0.4) is 0 Å². The smallest absolute Gasteiger partial charge is 0.266 e. The van der Waals surface area contributed by atoms with Crippen LogP contribution in [0.1, 0.15) is 39.0 Å². The molecule has 8 heteroatoms. The van der Waals surface area contributed by atoms with Crippen molar-refractivity contribution in [3.05, 3.63) is 38.6 Å². The summed E-state index contributed by atoms with van der Waals surface area (Å²) in [6.07, 6.45) is 6.32. The SMILES string of the molecule is C[C@@H]1CCCC12CCN(c1nc3n[nH]c(-c4cccc(Cl)c4Cl)c3c(=O)n1C)CC2. The van der Waals surface area contributed by atoms with Gasteiger partial charge in [0.2, 0.25) is 5.95 Å². The van der Waals surface area contributed by atoms with Crippen LogP contribution in [0.15, 0.2) is 23.0 Å². The molecule has 158 valence electrons. The third-order valence-corrected chi connectivity index (χ3v) is 8.21. The summed E-state index contributed by atoms with van der Waals surface area (Å²) in [7, 11) is 1.78. The maximum atomic E-state index is 13.3. The molecule has 1 N–H and O–H groups in total. The van der Waals surface area contributed by atoms with Gasteiger partial charge in [-0.25, -0.2) is 0 Å². The quantitative estimate of drug-likeness (QED) is 0.599. The van der Waals surface area contributed by atoms with E-state index in [1.807, 2.05) is 6.07 Å². The fourth-order valence-electron chi connectivity index (χ4n) is 5.43. The van der Waals surface area contributed by atoms with Gasteiger partial charge in [0.1, 0.15) is 5.39 Å². The fourth-order valence-corrected chi connectivity index (χ4v) is 5.82. The normalized spacial score (nSPS) is 21.1. The number of anilines is 1. The molecule has 1 atom stereocenters. The van der Waals surface area contributed by atoms with Gasteiger partial charge in [-0.15, -0.1) is 0 Å². The summed E-state index contributed by atoms with van der Waals surface area (Å²) in [5.74, 6) is 1.47. The Morgan fingerprint density at radius 2 is 1.97 bits per heavy atom. The van der Waals surface area contributed by atoms with E-state index in [1.54, 1.807) is 23.7 Å². The van der Waals surface area contributed by atoms with Crippen LogP contribution in [0.2, 0.25) is 10.0 Å². The lowest BCUT2D eigenvalue weighted by atomic mass is 9.71. The Balaban J connectivity index is 1.53. The molecule has 1 aromatic carbocycles. The first-order chi connectivity index (χ1) is 14.4. The van der Waals surface area contributed by atoms with Crippen LogP contribution in [0.4, 0.5) is 5.95 Å². The van der Waals surface area contributed by atoms with Crippen molar-refractivity contribution in [3.8, 4) is 11.3 Å². The second kappa shape index (κ2) is 7.27. The van der Waals surface area contributed by atoms with E-state index in [9.17, 15) is 4.79 Å². The Hall–Kier alpha value is -2.05. The predicted molar refractivity (Wildman–Crippen MR) is 121 cm³/mol. The molecule has 30 heavy (non-hydrogen) atoms. The zero-order valence-electron chi connectivity index (χ0n) is 17.2. The lowest BCUT2D eigenvalue weighted by Crippen LogP contribution is -2.43. The highest BCUT2D eigenvalue weighted by molar-refractivity contribution is 6.43. The van der Waals surface area contributed by atoms with Gasteiger partial charge in [0.05, 0.1) is 15.7 Å². The fraction of sp³-hybridized carbons (Fsp3) is 0.500. The number of halogens is 2. The van der Waals surface area contributed by atoms with Crippen LogP contribution < -0.4 is 10.5 Å². The van der Waals surface area contributed by atoms with Gasteiger partial charge in [-0.3, -0.25) is 14.5 Å². The van der Waals surface area contributed by atoms with Crippen LogP contribution in [-0.4, -0.2) is 32.8 Å². The van der Waals surface area contributed by atoms with E-state index in [0.29, 0.717) is 43.7 Å². The van der Waals surface area contributed by atoms with E-state index >= 15 is 0 Å². The Kier molecular flexibility index (Phi) is 4.82. The minimum Gasteiger partial charge on any atom is -0.342 e. The molecular formula is C22H25Cl2N5O. The summed E-state index contributed by atoms with van der Waals surface area (Å²) in [6, 6.07) is 5.34. The van der Waals surface area contributed by atoms with Crippen molar-refractivity contribution in [1.82, 2.24) is 19.7 Å². The first kappa shape index (κ1) is 19.9. The van der Waals surface area contributed by atoms with Gasteiger partial charge >= 0.3 is 0 Å². The minimum absolute atomic E-state index is 0.135. The minimum atomic E-state index is -0.135. The van der Waals surface area contributed by atoms with Gasteiger partial charge in [0.15, 0.2) is 5.65 Å². The van der Waals surface area contributed by atoms with E-state index in [-0.39, 0.29) is 5.56 Å². The second-order valence-electron chi connectivity index (χ2n) is 8.82. The Labute approximate surface area is 185 Å². The molecule has 2 aliphatic rings. The van der Waals surface area contributed by atoms with E-state index in [0.717, 1.165) is 31.8 Å². The summed E-state index contributed by atoms with van der Waals surface area (Å²) in [5, 5.41) is 8.54. The number of H-pyrrole nitrogens is 1. The molecule has 1 aliphatic heterocycles. The van der Waals surface area contributed by atoms with Crippen molar-refractivity contribution >= 4 is 40.2 Å². The van der Waals surface area contributed by atoms with Crippen LogP contribution in [0.5, 0.6) is 0 Å². The van der Waals surface area contributed by atoms with Crippen molar-refractivity contribution in [1.29, 1.82) is 0 Å². The molecule has 1 saturated heterocycles. The number of nitrogens with zero attached hydrogens (tertiary/aromatic N) is 4. The van der Waals surface area contributed by atoms with Gasteiger partial charge in [0.25, 0.3) is 5.56 Å². The second-order valence-corrected chi connectivity index (χ2v) is 9.60. The lowest BCUT2D eigenvalue weighted by molar-refractivity contribution is 0.161. The zero-order chi connectivity index (χ0) is 21.0. The highest BCUT2D eigenvalue weighted by Gasteiger charge is 2.42. The molecule has 0 amide bonds. The highest BCUT2D eigenvalue weighted by Crippen LogP contribution is 2.50. The number of rotatable bonds is 2. The largest absolute Gasteiger partial charge is 0.342 e. The Bertz CT molecular complexity index is 1180. The summed E-state index contributed by atoms with van der Waals surface area (Å²) < 4.78 is 1.63. The topological polar surface area (TPSA) is 66.8 Å². The van der Waals surface area contributed by atoms with Crippen molar-refractivity contribution < 1.29 is 0 Å². The maximum Gasteiger partial charge on any atom is 0.266 e. The van der Waals surface area contributed by atoms with E-state index in [4.69, 9.17) is 28.2 Å². The standard InChI is InChI=1S/C22H25Cl2N5O/c1-13-5-4-8-22(13)9-11-29(12-10-22)21-25-19-16(20(30)28(21)2)18(26-27-19)14-6-3-7-15(23)17(14)24/h3,6-7,13H,4-5,8-12H2,1-2H3,(H,26,27)/t13-/m1/s1. The lowest BCUT2D eigenvalue weighted by Gasteiger charge is -2.42. The molecule has 0 bridgehead atoms. The third kappa shape index (κ3) is 2.95. The van der Waals surface area contributed by atoms with Crippen LogP contribution in [-0.2, 0) is 7.05 Å². The highest BCUT2D eigenvalue weighted by atomic mass is 35.5. The molecule has 2 fully saturated rings. The Morgan fingerprint density at radius 1 is 1.20 bits per heavy atom. The monoisotopic (exact) mass is 445 g/mol. The first-order valence-corrected chi connectivity index (χ1v) is 11.3. The molecule has 5 rings (SSSR count). The van der Waals surface area contributed by atoms with Gasteiger partial charge in [-0.05, 0) is 36.7 Å². The van der Waals surface area contributed by atoms with E-state index in [1.165, 1.54) is 19.3 Å². The number of fused-ring (bicyclic) bond motifs is 1. The number of hydrogen-bond acceptors (Lipinski definition) is 4. The number of aromatic nitrogens is 4. The van der Waals surface area contributed by atoms with Gasteiger partial charge in [-0.1, -0.05) is 55.1 Å². The molecule has 0 unspecified atom stereocenters. The number of benzene rings is 1. The van der Waals surface area contributed by atoms with Crippen LogP contribution >= 0.6 is 23.2 Å². The predicted octanol–water partition coefficient (Wildman–Crippen LogP) is 5.04. The third-order valence-electron chi connectivity index (χ3n) is 7.39. The molecule has 0 radical (unpaired) electrons. The number of piperidine rings is 1. The van der Waals surface area contributed by atoms with Crippen molar-refractivity contribution in [2.75, 3.05) is 18.0 Å².